The Balaban J connectivity index is 1.65. The van der Waals surface area contributed by atoms with Gasteiger partial charge < -0.3 is 15.2 Å². The summed E-state index contributed by atoms with van der Waals surface area (Å²) in [6.45, 7) is 3.94. The van der Waals surface area contributed by atoms with Crippen LogP contribution in [0.5, 0.6) is 11.5 Å². The lowest BCUT2D eigenvalue weighted by Gasteiger charge is -2.14. The highest BCUT2D eigenvalue weighted by atomic mass is 32.1. The van der Waals surface area contributed by atoms with Crippen molar-refractivity contribution in [2.75, 3.05) is 5.32 Å². The van der Waals surface area contributed by atoms with Crippen molar-refractivity contribution in [3.05, 3.63) is 84.4 Å². The van der Waals surface area contributed by atoms with Crippen LogP contribution in [0.25, 0.3) is 22.2 Å². The van der Waals surface area contributed by atoms with E-state index in [-0.39, 0.29) is 22.9 Å². The number of pyridine rings is 1. The molecule has 1 aromatic heterocycles. The van der Waals surface area contributed by atoms with Crippen molar-refractivity contribution >= 4 is 39.8 Å². The van der Waals surface area contributed by atoms with Crippen LogP contribution < -0.4 is 15.4 Å². The van der Waals surface area contributed by atoms with Crippen LogP contribution in [0.4, 0.5) is 5.69 Å². The number of thiocarbonyl (C=S) groups is 1. The van der Waals surface area contributed by atoms with Gasteiger partial charge >= 0.3 is 0 Å². The maximum atomic E-state index is 13.2. The maximum Gasteiger partial charge on any atom is 0.258 e. The molecule has 3 aromatic carbocycles. The van der Waals surface area contributed by atoms with E-state index in [9.17, 15) is 9.90 Å². The first kappa shape index (κ1) is 22.2. The molecule has 4 rings (SSSR count). The van der Waals surface area contributed by atoms with Gasteiger partial charge in [0, 0.05) is 22.7 Å². The second-order valence-corrected chi connectivity index (χ2v) is 8.13. The minimum absolute atomic E-state index is 0.0474. The standard InChI is InChI=1S/C26H23N3O3S/c1-16(2)32-20-10-5-7-17(13-20)24-15-22(21-11-3-4-12-23(21)28-24)25(31)29-26(33)27-18-8-6-9-19(30)14-18/h3-16,30H,1-2H3,(H2,27,29,31,33). The van der Waals surface area contributed by atoms with Crippen molar-refractivity contribution in [3.8, 4) is 22.8 Å². The zero-order chi connectivity index (χ0) is 23.4. The van der Waals surface area contributed by atoms with E-state index in [1.807, 2.05) is 62.4 Å². The fourth-order valence-electron chi connectivity index (χ4n) is 3.43. The minimum Gasteiger partial charge on any atom is -0.508 e. The fraction of sp³-hybridized carbons (Fsp3) is 0.115. The summed E-state index contributed by atoms with van der Waals surface area (Å²) in [5, 5.41) is 16.1. The number of nitrogens with one attached hydrogen (secondary N) is 2. The molecule has 0 fully saturated rings. The number of fused-ring (bicyclic) bond motifs is 1. The van der Waals surface area contributed by atoms with Gasteiger partial charge in [0.1, 0.15) is 11.5 Å². The summed E-state index contributed by atoms with van der Waals surface area (Å²) in [5.74, 6) is 0.476. The number of para-hydroxylation sites is 1. The van der Waals surface area contributed by atoms with Crippen LogP contribution in [0.2, 0.25) is 0 Å². The molecule has 0 aliphatic rings. The van der Waals surface area contributed by atoms with Crippen molar-refractivity contribution in [1.29, 1.82) is 0 Å². The zero-order valence-electron chi connectivity index (χ0n) is 18.2. The predicted octanol–water partition coefficient (Wildman–Crippen LogP) is 5.52. The quantitative estimate of drug-likeness (QED) is 0.342. The maximum absolute atomic E-state index is 13.2. The van der Waals surface area contributed by atoms with Crippen molar-refractivity contribution in [2.45, 2.75) is 20.0 Å². The van der Waals surface area contributed by atoms with E-state index in [0.29, 0.717) is 27.8 Å². The second kappa shape index (κ2) is 9.67. The predicted molar refractivity (Wildman–Crippen MR) is 135 cm³/mol. The second-order valence-electron chi connectivity index (χ2n) is 7.73. The Hall–Kier alpha value is -3.97. The summed E-state index contributed by atoms with van der Waals surface area (Å²) in [7, 11) is 0. The van der Waals surface area contributed by atoms with Crippen LogP contribution in [0.1, 0.15) is 24.2 Å². The van der Waals surface area contributed by atoms with Crippen molar-refractivity contribution in [2.24, 2.45) is 0 Å². The van der Waals surface area contributed by atoms with Crippen LogP contribution in [0, 0.1) is 0 Å². The largest absolute Gasteiger partial charge is 0.508 e. The molecule has 3 N–H and O–H groups in total. The molecule has 4 aromatic rings. The third kappa shape index (κ3) is 5.45. The highest BCUT2D eigenvalue weighted by molar-refractivity contribution is 7.80. The summed E-state index contributed by atoms with van der Waals surface area (Å²) < 4.78 is 5.81. The van der Waals surface area contributed by atoms with E-state index >= 15 is 0 Å². The SMILES string of the molecule is CC(C)Oc1cccc(-c2cc(C(=O)NC(=S)Nc3cccc(O)c3)c3ccccc3n2)c1. The summed E-state index contributed by atoms with van der Waals surface area (Å²) in [4.78, 5) is 17.9. The van der Waals surface area contributed by atoms with Gasteiger partial charge in [0.15, 0.2) is 5.11 Å². The normalized spacial score (nSPS) is 10.8. The average Bonchev–Trinajstić information content (AvgIpc) is 2.78. The number of hydrogen-bond donors (Lipinski definition) is 3. The molecule has 0 unspecified atom stereocenters. The molecule has 166 valence electrons. The van der Waals surface area contributed by atoms with Crippen molar-refractivity contribution < 1.29 is 14.6 Å². The number of phenols is 1. The first-order valence-electron chi connectivity index (χ1n) is 10.5. The molecule has 1 heterocycles. The van der Waals surface area contributed by atoms with Crippen LogP contribution in [-0.2, 0) is 0 Å². The number of carbonyl (C=O) groups is 1. The zero-order valence-corrected chi connectivity index (χ0v) is 19.0. The van der Waals surface area contributed by atoms with Crippen molar-refractivity contribution in [1.82, 2.24) is 10.3 Å². The Morgan fingerprint density at radius 2 is 1.79 bits per heavy atom. The minimum atomic E-state index is -0.359. The Kier molecular flexibility index (Phi) is 6.51. The third-order valence-corrected chi connectivity index (χ3v) is 5.00. The van der Waals surface area contributed by atoms with E-state index in [1.165, 1.54) is 6.07 Å². The van der Waals surface area contributed by atoms with E-state index in [4.69, 9.17) is 21.9 Å². The van der Waals surface area contributed by atoms with Gasteiger partial charge in [-0.05, 0) is 62.5 Å². The number of carbonyl (C=O) groups excluding carboxylic acids is 1. The molecule has 7 heteroatoms. The van der Waals surface area contributed by atoms with E-state index < -0.39 is 0 Å². The number of benzene rings is 3. The smallest absolute Gasteiger partial charge is 0.258 e. The molecule has 0 aliphatic heterocycles. The van der Waals surface area contributed by atoms with Gasteiger partial charge in [0.25, 0.3) is 5.91 Å². The lowest BCUT2D eigenvalue weighted by atomic mass is 10.0. The number of amides is 1. The lowest BCUT2D eigenvalue weighted by molar-refractivity contribution is 0.0979. The van der Waals surface area contributed by atoms with Crippen LogP contribution in [0.3, 0.4) is 0 Å². The van der Waals surface area contributed by atoms with Crippen LogP contribution >= 0.6 is 12.2 Å². The van der Waals surface area contributed by atoms with E-state index in [1.54, 1.807) is 24.3 Å². The number of nitrogens with zero attached hydrogens (tertiary/aromatic N) is 1. The summed E-state index contributed by atoms with van der Waals surface area (Å²) in [5.41, 5.74) is 3.21. The molecule has 0 spiro atoms. The van der Waals surface area contributed by atoms with Gasteiger partial charge in [-0.1, -0.05) is 36.4 Å². The number of rotatable bonds is 5. The third-order valence-electron chi connectivity index (χ3n) is 4.79. The summed E-state index contributed by atoms with van der Waals surface area (Å²) in [6, 6.07) is 23.3. The molecular formula is C26H23N3O3S. The van der Waals surface area contributed by atoms with E-state index in [0.717, 1.165) is 11.3 Å². The average molecular weight is 458 g/mol. The van der Waals surface area contributed by atoms with Gasteiger partial charge in [-0.3, -0.25) is 10.1 Å². The Morgan fingerprint density at radius 3 is 2.58 bits per heavy atom. The molecular weight excluding hydrogens is 434 g/mol. The molecule has 6 nitrogen and oxygen atoms in total. The highest BCUT2D eigenvalue weighted by Gasteiger charge is 2.16. The Labute approximate surface area is 197 Å². The topological polar surface area (TPSA) is 83.5 Å². The Bertz CT molecular complexity index is 1340. The number of ether oxygens (including phenoxy) is 1. The summed E-state index contributed by atoms with van der Waals surface area (Å²) in [6.07, 6.45) is 0.0474. The molecule has 33 heavy (non-hydrogen) atoms. The number of aromatic hydroxyl groups is 1. The molecule has 0 radical (unpaired) electrons. The number of aromatic nitrogens is 1. The fourth-order valence-corrected chi connectivity index (χ4v) is 3.64. The first-order chi connectivity index (χ1) is 15.9. The molecule has 0 saturated heterocycles. The van der Waals surface area contributed by atoms with Gasteiger partial charge in [-0.2, -0.15) is 0 Å². The molecule has 0 bridgehead atoms. The monoisotopic (exact) mass is 457 g/mol. The van der Waals surface area contributed by atoms with E-state index in [2.05, 4.69) is 10.6 Å². The van der Waals surface area contributed by atoms with Gasteiger partial charge in [-0.15, -0.1) is 0 Å². The van der Waals surface area contributed by atoms with Crippen molar-refractivity contribution in [3.63, 3.8) is 0 Å². The number of hydrogen-bond acceptors (Lipinski definition) is 5. The molecule has 1 amide bonds. The Morgan fingerprint density at radius 1 is 1.00 bits per heavy atom. The number of anilines is 1. The van der Waals surface area contributed by atoms with Crippen LogP contribution in [0.15, 0.2) is 78.9 Å². The molecule has 0 atom stereocenters. The molecule has 0 saturated carbocycles. The van der Waals surface area contributed by atoms with Gasteiger partial charge in [0.05, 0.1) is 22.9 Å². The summed E-state index contributed by atoms with van der Waals surface area (Å²) >= 11 is 5.30. The number of phenolic OH excluding ortho intramolecular Hbond substituents is 1. The lowest BCUT2D eigenvalue weighted by Crippen LogP contribution is -2.34. The highest BCUT2D eigenvalue weighted by Crippen LogP contribution is 2.27. The molecule has 0 aliphatic carbocycles. The first-order valence-corrected chi connectivity index (χ1v) is 10.9. The van der Waals surface area contributed by atoms with Gasteiger partial charge in [-0.25, -0.2) is 4.98 Å². The van der Waals surface area contributed by atoms with Crippen LogP contribution in [-0.4, -0.2) is 27.2 Å². The van der Waals surface area contributed by atoms with Gasteiger partial charge in [0.2, 0.25) is 0 Å².